The first kappa shape index (κ1) is 12.2. The van der Waals surface area contributed by atoms with E-state index in [0.717, 1.165) is 12.8 Å². The molecule has 0 unspecified atom stereocenters. The van der Waals surface area contributed by atoms with E-state index in [-0.39, 0.29) is 11.4 Å². The fourth-order valence-corrected chi connectivity index (χ4v) is 2.46. The van der Waals surface area contributed by atoms with E-state index in [0.29, 0.717) is 12.3 Å². The summed E-state index contributed by atoms with van der Waals surface area (Å²) in [6.07, 6.45) is 3.97. The Balaban J connectivity index is 2.08. The largest absolute Gasteiger partial charge is 0.347 e. The molecule has 2 heteroatoms. The van der Waals surface area contributed by atoms with Crippen molar-refractivity contribution in [2.75, 3.05) is 0 Å². The van der Waals surface area contributed by atoms with E-state index >= 15 is 0 Å². The molecule has 2 rings (SSSR count). The molecule has 0 heterocycles. The van der Waals surface area contributed by atoms with Crippen LogP contribution in [0.4, 0.5) is 0 Å². The summed E-state index contributed by atoms with van der Waals surface area (Å²) in [4.78, 5) is 11.9. The fraction of sp³-hybridized carbons (Fsp3) is 0.533. The SMILES string of the molecule is CC(C)CC(=O)NC1(c2ccccc2)CCC1. The highest BCUT2D eigenvalue weighted by molar-refractivity contribution is 5.77. The zero-order chi connectivity index (χ0) is 12.3. The predicted octanol–water partition coefficient (Wildman–Crippen LogP) is 3.23. The zero-order valence-electron chi connectivity index (χ0n) is 10.7. The topological polar surface area (TPSA) is 29.1 Å². The van der Waals surface area contributed by atoms with Gasteiger partial charge in [0.2, 0.25) is 5.91 Å². The lowest BCUT2D eigenvalue weighted by Gasteiger charge is -2.43. The molecule has 0 bridgehead atoms. The van der Waals surface area contributed by atoms with Gasteiger partial charge >= 0.3 is 0 Å². The molecule has 0 spiro atoms. The van der Waals surface area contributed by atoms with Crippen LogP contribution in [0.5, 0.6) is 0 Å². The average molecular weight is 231 g/mol. The van der Waals surface area contributed by atoms with E-state index in [2.05, 4.69) is 31.3 Å². The van der Waals surface area contributed by atoms with Crippen LogP contribution >= 0.6 is 0 Å². The second-order valence-corrected chi connectivity index (χ2v) is 5.45. The molecule has 1 saturated carbocycles. The van der Waals surface area contributed by atoms with Gasteiger partial charge in [-0.25, -0.2) is 0 Å². The van der Waals surface area contributed by atoms with Gasteiger partial charge in [0.15, 0.2) is 0 Å². The van der Waals surface area contributed by atoms with Gasteiger partial charge in [0.05, 0.1) is 5.54 Å². The highest BCUT2D eigenvalue weighted by atomic mass is 16.1. The zero-order valence-corrected chi connectivity index (χ0v) is 10.7. The number of amides is 1. The van der Waals surface area contributed by atoms with Crippen LogP contribution in [-0.4, -0.2) is 5.91 Å². The van der Waals surface area contributed by atoms with Gasteiger partial charge in [-0.15, -0.1) is 0 Å². The maximum atomic E-state index is 11.9. The van der Waals surface area contributed by atoms with Gasteiger partial charge in [0, 0.05) is 6.42 Å². The van der Waals surface area contributed by atoms with Crippen LogP contribution in [0.25, 0.3) is 0 Å². The van der Waals surface area contributed by atoms with E-state index in [1.165, 1.54) is 12.0 Å². The van der Waals surface area contributed by atoms with E-state index in [1.807, 2.05) is 18.2 Å². The molecule has 0 atom stereocenters. The Morgan fingerprint density at radius 1 is 1.29 bits per heavy atom. The second kappa shape index (κ2) is 4.91. The lowest BCUT2D eigenvalue weighted by molar-refractivity contribution is -0.125. The Morgan fingerprint density at radius 2 is 1.94 bits per heavy atom. The van der Waals surface area contributed by atoms with E-state index in [9.17, 15) is 4.79 Å². The van der Waals surface area contributed by atoms with Gasteiger partial charge in [-0.1, -0.05) is 44.2 Å². The number of carbonyl (C=O) groups excluding carboxylic acids is 1. The molecule has 1 fully saturated rings. The van der Waals surface area contributed by atoms with Gasteiger partial charge in [-0.05, 0) is 30.7 Å². The maximum absolute atomic E-state index is 11.9. The molecule has 0 radical (unpaired) electrons. The number of carbonyl (C=O) groups is 1. The average Bonchev–Trinajstić information content (AvgIpc) is 2.24. The molecule has 1 aliphatic rings. The summed E-state index contributed by atoms with van der Waals surface area (Å²) in [6, 6.07) is 10.4. The molecule has 92 valence electrons. The highest BCUT2D eigenvalue weighted by Gasteiger charge is 2.39. The molecular formula is C15H21NO. The normalized spacial score (nSPS) is 17.6. The van der Waals surface area contributed by atoms with Crippen LogP contribution in [0.3, 0.4) is 0 Å². The minimum Gasteiger partial charge on any atom is -0.347 e. The quantitative estimate of drug-likeness (QED) is 0.847. The molecule has 1 amide bonds. The highest BCUT2D eigenvalue weighted by Crippen LogP contribution is 2.41. The van der Waals surface area contributed by atoms with Crippen LogP contribution in [0.15, 0.2) is 30.3 Å². The Labute approximate surface area is 103 Å². The third-order valence-corrected chi connectivity index (χ3v) is 3.51. The third kappa shape index (κ3) is 2.68. The minimum atomic E-state index is -0.0762. The molecule has 0 aromatic heterocycles. The van der Waals surface area contributed by atoms with Crippen LogP contribution in [-0.2, 0) is 10.3 Å². The summed E-state index contributed by atoms with van der Waals surface area (Å²) >= 11 is 0. The standard InChI is InChI=1S/C15H21NO/c1-12(2)11-14(17)16-15(9-6-10-15)13-7-4-3-5-8-13/h3-5,7-8,12H,6,9-11H2,1-2H3,(H,16,17). The first-order valence-electron chi connectivity index (χ1n) is 6.49. The molecule has 0 saturated heterocycles. The maximum Gasteiger partial charge on any atom is 0.220 e. The molecule has 0 aliphatic heterocycles. The molecular weight excluding hydrogens is 210 g/mol. The van der Waals surface area contributed by atoms with E-state index in [1.54, 1.807) is 0 Å². The van der Waals surface area contributed by atoms with Crippen LogP contribution in [0.2, 0.25) is 0 Å². The molecule has 1 aromatic carbocycles. The lowest BCUT2D eigenvalue weighted by Crippen LogP contribution is -2.50. The van der Waals surface area contributed by atoms with E-state index in [4.69, 9.17) is 0 Å². The van der Waals surface area contributed by atoms with Gasteiger partial charge in [0.25, 0.3) is 0 Å². The van der Waals surface area contributed by atoms with Crippen LogP contribution in [0, 0.1) is 5.92 Å². The predicted molar refractivity (Wildman–Crippen MR) is 69.6 cm³/mol. The Bertz CT molecular complexity index is 379. The summed E-state index contributed by atoms with van der Waals surface area (Å²) in [5, 5.41) is 3.24. The number of rotatable bonds is 4. The van der Waals surface area contributed by atoms with Crippen LogP contribution < -0.4 is 5.32 Å². The Kier molecular flexibility index (Phi) is 3.51. The Hall–Kier alpha value is -1.31. The van der Waals surface area contributed by atoms with Crippen molar-refractivity contribution in [1.29, 1.82) is 0 Å². The summed E-state index contributed by atoms with van der Waals surface area (Å²) in [5.41, 5.74) is 1.18. The fourth-order valence-electron chi connectivity index (χ4n) is 2.46. The van der Waals surface area contributed by atoms with Crippen molar-refractivity contribution in [3.63, 3.8) is 0 Å². The van der Waals surface area contributed by atoms with Crippen molar-refractivity contribution in [2.24, 2.45) is 5.92 Å². The minimum absolute atomic E-state index is 0.0762. The Morgan fingerprint density at radius 3 is 2.41 bits per heavy atom. The van der Waals surface area contributed by atoms with Crippen molar-refractivity contribution in [1.82, 2.24) is 5.32 Å². The number of hydrogen-bond acceptors (Lipinski definition) is 1. The molecule has 1 N–H and O–H groups in total. The van der Waals surface area contributed by atoms with Crippen molar-refractivity contribution >= 4 is 5.91 Å². The summed E-state index contributed by atoms with van der Waals surface area (Å²) in [7, 11) is 0. The van der Waals surface area contributed by atoms with E-state index < -0.39 is 0 Å². The number of hydrogen-bond donors (Lipinski definition) is 1. The van der Waals surface area contributed by atoms with Crippen molar-refractivity contribution in [3.05, 3.63) is 35.9 Å². The summed E-state index contributed by atoms with van der Waals surface area (Å²) in [5.74, 6) is 0.603. The van der Waals surface area contributed by atoms with Crippen molar-refractivity contribution in [2.45, 2.75) is 45.1 Å². The van der Waals surface area contributed by atoms with Gasteiger partial charge in [0.1, 0.15) is 0 Å². The van der Waals surface area contributed by atoms with Crippen molar-refractivity contribution in [3.8, 4) is 0 Å². The monoisotopic (exact) mass is 231 g/mol. The van der Waals surface area contributed by atoms with Gasteiger partial charge < -0.3 is 5.32 Å². The smallest absolute Gasteiger partial charge is 0.220 e. The molecule has 2 nitrogen and oxygen atoms in total. The first-order chi connectivity index (χ1) is 8.12. The number of benzene rings is 1. The van der Waals surface area contributed by atoms with Gasteiger partial charge in [-0.3, -0.25) is 4.79 Å². The second-order valence-electron chi connectivity index (χ2n) is 5.45. The van der Waals surface area contributed by atoms with Crippen molar-refractivity contribution < 1.29 is 4.79 Å². The third-order valence-electron chi connectivity index (χ3n) is 3.51. The summed E-state index contributed by atoms with van der Waals surface area (Å²) < 4.78 is 0. The van der Waals surface area contributed by atoms with Gasteiger partial charge in [-0.2, -0.15) is 0 Å². The lowest BCUT2D eigenvalue weighted by atomic mass is 9.71. The summed E-state index contributed by atoms with van der Waals surface area (Å²) in [6.45, 7) is 4.16. The molecule has 1 aliphatic carbocycles. The first-order valence-corrected chi connectivity index (χ1v) is 6.49. The van der Waals surface area contributed by atoms with Crippen LogP contribution in [0.1, 0.15) is 45.1 Å². The molecule has 1 aromatic rings. The number of nitrogens with one attached hydrogen (secondary N) is 1. The molecule has 17 heavy (non-hydrogen) atoms.